The molecule has 1 heterocycles. The Bertz CT molecular complexity index is 1110. The zero-order valence-corrected chi connectivity index (χ0v) is 18.2. The molecule has 3 rings (SSSR count). The van der Waals surface area contributed by atoms with Gasteiger partial charge < -0.3 is 24.1 Å². The van der Waals surface area contributed by atoms with E-state index >= 15 is 0 Å². The highest BCUT2D eigenvalue weighted by atomic mass is 16.5. The fraction of sp³-hybridized carbons (Fsp3) is 0.250. The predicted octanol–water partition coefficient (Wildman–Crippen LogP) is 4.38. The van der Waals surface area contributed by atoms with E-state index in [9.17, 15) is 9.90 Å². The van der Waals surface area contributed by atoms with Crippen molar-refractivity contribution in [1.82, 2.24) is 4.98 Å². The Labute approximate surface area is 181 Å². The molecule has 0 bridgehead atoms. The number of rotatable bonds is 8. The number of ether oxygens (including phenoxy) is 4. The maximum Gasteiger partial charge on any atom is 0.336 e. The van der Waals surface area contributed by atoms with Crippen molar-refractivity contribution in [3.63, 3.8) is 0 Å². The Morgan fingerprint density at radius 1 is 0.903 bits per heavy atom. The second-order valence-electron chi connectivity index (χ2n) is 6.85. The molecule has 0 spiro atoms. The van der Waals surface area contributed by atoms with Gasteiger partial charge in [-0.3, -0.25) is 4.98 Å². The fourth-order valence-corrected chi connectivity index (χ4v) is 3.72. The van der Waals surface area contributed by atoms with Crippen LogP contribution in [0.25, 0.3) is 11.1 Å². The first-order chi connectivity index (χ1) is 15.0. The molecule has 7 nitrogen and oxygen atoms in total. The van der Waals surface area contributed by atoms with Crippen LogP contribution in [0, 0.1) is 6.92 Å². The van der Waals surface area contributed by atoms with Crippen LogP contribution in [0.2, 0.25) is 0 Å². The standard InChI is InChI=1S/C24H25NO6/c1-14-19(21(29-3)23(31-5)22(30-4)20(14)28-2)11-15-10-16(13-25-12-15)17-8-6-7-9-18(17)24(26)27/h6-10,12-13H,11H2,1-5H3,(H,26,27). The number of hydrogen-bond acceptors (Lipinski definition) is 6. The number of carboxylic acid groups (broad SMARTS) is 1. The summed E-state index contributed by atoms with van der Waals surface area (Å²) in [5.74, 6) is 1.04. The largest absolute Gasteiger partial charge is 0.492 e. The van der Waals surface area contributed by atoms with E-state index in [1.165, 1.54) is 0 Å². The molecule has 0 aliphatic heterocycles. The minimum Gasteiger partial charge on any atom is -0.492 e. The average molecular weight is 423 g/mol. The molecule has 31 heavy (non-hydrogen) atoms. The summed E-state index contributed by atoms with van der Waals surface area (Å²) >= 11 is 0. The first-order valence-corrected chi connectivity index (χ1v) is 9.58. The fourth-order valence-electron chi connectivity index (χ4n) is 3.72. The van der Waals surface area contributed by atoms with Crippen molar-refractivity contribution in [2.24, 2.45) is 0 Å². The minimum absolute atomic E-state index is 0.225. The first-order valence-electron chi connectivity index (χ1n) is 9.58. The third kappa shape index (κ3) is 4.12. The van der Waals surface area contributed by atoms with Crippen LogP contribution in [0.3, 0.4) is 0 Å². The molecule has 0 aliphatic rings. The summed E-state index contributed by atoms with van der Waals surface area (Å²) in [5.41, 5.74) is 4.16. The van der Waals surface area contributed by atoms with Gasteiger partial charge in [-0.05, 0) is 30.2 Å². The lowest BCUT2D eigenvalue weighted by Crippen LogP contribution is -2.05. The number of methoxy groups -OCH3 is 4. The van der Waals surface area contributed by atoms with Crippen molar-refractivity contribution in [1.29, 1.82) is 0 Å². The van der Waals surface area contributed by atoms with Crippen LogP contribution in [0.4, 0.5) is 0 Å². The second-order valence-corrected chi connectivity index (χ2v) is 6.85. The maximum atomic E-state index is 11.6. The number of carboxylic acids is 1. The van der Waals surface area contributed by atoms with E-state index in [4.69, 9.17) is 18.9 Å². The highest BCUT2D eigenvalue weighted by molar-refractivity contribution is 5.95. The molecule has 0 aliphatic carbocycles. The lowest BCUT2D eigenvalue weighted by Gasteiger charge is -2.21. The van der Waals surface area contributed by atoms with Crippen LogP contribution in [-0.2, 0) is 6.42 Å². The SMILES string of the molecule is COc1c(C)c(Cc2cncc(-c3ccccc3C(=O)O)c2)c(OC)c(OC)c1OC. The topological polar surface area (TPSA) is 87.1 Å². The molecule has 0 atom stereocenters. The number of carbonyl (C=O) groups is 1. The van der Waals surface area contributed by atoms with Gasteiger partial charge in [-0.1, -0.05) is 18.2 Å². The van der Waals surface area contributed by atoms with E-state index in [1.54, 1.807) is 65.1 Å². The molecule has 0 amide bonds. The van der Waals surface area contributed by atoms with E-state index in [2.05, 4.69) is 4.98 Å². The van der Waals surface area contributed by atoms with Gasteiger partial charge >= 0.3 is 5.97 Å². The summed E-state index contributed by atoms with van der Waals surface area (Å²) < 4.78 is 22.3. The number of nitrogens with zero attached hydrogens (tertiary/aromatic N) is 1. The zero-order chi connectivity index (χ0) is 22.5. The smallest absolute Gasteiger partial charge is 0.336 e. The average Bonchev–Trinajstić information content (AvgIpc) is 2.79. The Hall–Kier alpha value is -3.74. The molecule has 7 heteroatoms. The van der Waals surface area contributed by atoms with Gasteiger partial charge in [-0.2, -0.15) is 0 Å². The molecular weight excluding hydrogens is 398 g/mol. The second kappa shape index (κ2) is 9.38. The molecule has 0 unspecified atom stereocenters. The normalized spacial score (nSPS) is 10.5. The van der Waals surface area contributed by atoms with Crippen LogP contribution in [0.5, 0.6) is 23.0 Å². The van der Waals surface area contributed by atoms with E-state index in [0.29, 0.717) is 35.0 Å². The van der Waals surface area contributed by atoms with Crippen molar-refractivity contribution in [3.05, 3.63) is 65.0 Å². The van der Waals surface area contributed by atoms with Crippen LogP contribution in [0.15, 0.2) is 42.7 Å². The van der Waals surface area contributed by atoms with Gasteiger partial charge in [0.25, 0.3) is 0 Å². The summed E-state index contributed by atoms with van der Waals surface area (Å²) in [4.78, 5) is 16.0. The quantitative estimate of drug-likeness (QED) is 0.575. The molecule has 1 aromatic heterocycles. The van der Waals surface area contributed by atoms with E-state index < -0.39 is 5.97 Å². The molecule has 0 saturated heterocycles. The highest BCUT2D eigenvalue weighted by Gasteiger charge is 2.25. The molecule has 162 valence electrons. The van der Waals surface area contributed by atoms with Crippen molar-refractivity contribution in [2.75, 3.05) is 28.4 Å². The van der Waals surface area contributed by atoms with Crippen LogP contribution < -0.4 is 18.9 Å². The summed E-state index contributed by atoms with van der Waals surface area (Å²) in [6.45, 7) is 1.93. The molecule has 2 aromatic carbocycles. The molecule has 0 radical (unpaired) electrons. The molecule has 1 N–H and O–H groups in total. The number of hydrogen-bond donors (Lipinski definition) is 1. The Morgan fingerprint density at radius 2 is 1.52 bits per heavy atom. The minimum atomic E-state index is -0.983. The lowest BCUT2D eigenvalue weighted by molar-refractivity contribution is 0.0697. The van der Waals surface area contributed by atoms with Gasteiger partial charge in [0.1, 0.15) is 0 Å². The van der Waals surface area contributed by atoms with Crippen molar-refractivity contribution >= 4 is 5.97 Å². The summed E-state index contributed by atoms with van der Waals surface area (Å²) in [6, 6.07) is 8.79. The lowest BCUT2D eigenvalue weighted by atomic mass is 9.95. The molecule has 0 fully saturated rings. The number of benzene rings is 2. The highest BCUT2D eigenvalue weighted by Crippen LogP contribution is 2.49. The summed E-state index contributed by atoms with van der Waals surface area (Å²) in [7, 11) is 6.24. The Kier molecular flexibility index (Phi) is 6.65. The van der Waals surface area contributed by atoms with Gasteiger partial charge in [0.2, 0.25) is 11.5 Å². The third-order valence-corrected chi connectivity index (χ3v) is 5.15. The molecular formula is C24H25NO6. The summed E-state index contributed by atoms with van der Waals surface area (Å²) in [5, 5.41) is 9.52. The monoisotopic (exact) mass is 423 g/mol. The zero-order valence-electron chi connectivity index (χ0n) is 18.2. The Balaban J connectivity index is 2.13. The van der Waals surface area contributed by atoms with Gasteiger partial charge in [-0.15, -0.1) is 0 Å². The maximum absolute atomic E-state index is 11.6. The van der Waals surface area contributed by atoms with E-state index in [0.717, 1.165) is 22.3 Å². The van der Waals surface area contributed by atoms with Gasteiger partial charge in [-0.25, -0.2) is 4.79 Å². The van der Waals surface area contributed by atoms with Gasteiger partial charge in [0.15, 0.2) is 11.5 Å². The number of pyridine rings is 1. The van der Waals surface area contributed by atoms with Crippen LogP contribution in [0.1, 0.15) is 27.0 Å². The van der Waals surface area contributed by atoms with Crippen molar-refractivity contribution < 1.29 is 28.8 Å². The third-order valence-electron chi connectivity index (χ3n) is 5.15. The number of aromatic nitrogens is 1. The van der Waals surface area contributed by atoms with Crippen molar-refractivity contribution in [3.8, 4) is 34.1 Å². The Morgan fingerprint density at radius 3 is 2.13 bits per heavy atom. The van der Waals surface area contributed by atoms with Crippen molar-refractivity contribution in [2.45, 2.75) is 13.3 Å². The van der Waals surface area contributed by atoms with Gasteiger partial charge in [0.05, 0.1) is 34.0 Å². The predicted molar refractivity (Wildman–Crippen MR) is 117 cm³/mol. The van der Waals surface area contributed by atoms with Crippen LogP contribution in [-0.4, -0.2) is 44.5 Å². The van der Waals surface area contributed by atoms with E-state index in [1.807, 2.05) is 13.0 Å². The molecule has 0 saturated carbocycles. The van der Waals surface area contributed by atoms with E-state index in [-0.39, 0.29) is 5.56 Å². The number of aromatic carboxylic acids is 1. The first kappa shape index (κ1) is 22.0. The molecule has 3 aromatic rings. The summed E-state index contributed by atoms with van der Waals surface area (Å²) in [6.07, 6.45) is 3.88. The van der Waals surface area contributed by atoms with Crippen LogP contribution >= 0.6 is 0 Å². The van der Waals surface area contributed by atoms with Gasteiger partial charge in [0, 0.05) is 35.5 Å².